The minimum atomic E-state index is 0.268. The van der Waals surface area contributed by atoms with E-state index < -0.39 is 0 Å². The maximum atomic E-state index is 9.57. The van der Waals surface area contributed by atoms with E-state index in [0.717, 1.165) is 25.7 Å². The number of phenols is 1. The van der Waals surface area contributed by atoms with Gasteiger partial charge in [0.25, 0.3) is 0 Å². The topological polar surface area (TPSA) is 46.0 Å². The van der Waals surface area contributed by atoms with Crippen molar-refractivity contribution in [2.24, 2.45) is 0 Å². The summed E-state index contributed by atoms with van der Waals surface area (Å²) in [7, 11) is 0. The molecule has 0 saturated heterocycles. The lowest BCUT2D eigenvalue weighted by Crippen LogP contribution is -1.75. The molecule has 0 fully saturated rings. The van der Waals surface area contributed by atoms with Crippen LogP contribution in [-0.2, 0) is 0 Å². The molecule has 120 valence electrons. The van der Waals surface area contributed by atoms with Gasteiger partial charge in [0.05, 0.1) is 20.4 Å². The molecule has 0 aliphatic rings. The van der Waals surface area contributed by atoms with Gasteiger partial charge in [0.2, 0.25) is 0 Å². The lowest BCUT2D eigenvalue weighted by molar-refractivity contribution is 0.476. The highest BCUT2D eigenvalue weighted by molar-refractivity contribution is 7.20. The second kappa shape index (κ2) is 5.65. The first-order valence-corrected chi connectivity index (χ1v) is 9.45. The SMILES string of the molecule is Oc1ccc2nc(C=Cc3nc4c(ccc5ccccc54)s3)sc2c1. The summed E-state index contributed by atoms with van der Waals surface area (Å²) >= 11 is 3.24. The van der Waals surface area contributed by atoms with Gasteiger partial charge in [-0.15, -0.1) is 22.7 Å². The smallest absolute Gasteiger partial charge is 0.117 e. The Morgan fingerprint density at radius 2 is 1.60 bits per heavy atom. The Bertz CT molecular complexity index is 1270. The molecule has 0 atom stereocenters. The molecule has 0 radical (unpaired) electrons. The number of aromatic nitrogens is 2. The van der Waals surface area contributed by atoms with Crippen LogP contribution in [0, 0.1) is 0 Å². The first kappa shape index (κ1) is 14.6. The Morgan fingerprint density at radius 3 is 2.52 bits per heavy atom. The van der Waals surface area contributed by atoms with Crippen molar-refractivity contribution in [1.29, 1.82) is 0 Å². The molecule has 5 aromatic rings. The summed E-state index contributed by atoms with van der Waals surface area (Å²) < 4.78 is 2.17. The van der Waals surface area contributed by atoms with Crippen LogP contribution in [0.4, 0.5) is 0 Å². The van der Waals surface area contributed by atoms with Gasteiger partial charge in [0.15, 0.2) is 0 Å². The number of fused-ring (bicyclic) bond motifs is 4. The molecule has 3 nitrogen and oxygen atoms in total. The zero-order valence-corrected chi connectivity index (χ0v) is 14.6. The van der Waals surface area contributed by atoms with Crippen molar-refractivity contribution in [3.8, 4) is 5.75 Å². The molecule has 0 amide bonds. The van der Waals surface area contributed by atoms with Gasteiger partial charge in [0.1, 0.15) is 15.8 Å². The molecule has 2 aromatic heterocycles. The van der Waals surface area contributed by atoms with Crippen LogP contribution in [0.15, 0.2) is 54.6 Å². The van der Waals surface area contributed by atoms with Gasteiger partial charge >= 0.3 is 0 Å². The van der Waals surface area contributed by atoms with Crippen molar-refractivity contribution in [3.05, 3.63) is 64.6 Å². The van der Waals surface area contributed by atoms with E-state index in [1.165, 1.54) is 15.5 Å². The average molecular weight is 360 g/mol. The predicted molar refractivity (Wildman–Crippen MR) is 107 cm³/mol. The minimum absolute atomic E-state index is 0.268. The quantitative estimate of drug-likeness (QED) is 0.424. The van der Waals surface area contributed by atoms with Crippen molar-refractivity contribution < 1.29 is 5.11 Å². The fourth-order valence-electron chi connectivity index (χ4n) is 2.89. The van der Waals surface area contributed by atoms with Crippen LogP contribution in [0.1, 0.15) is 10.0 Å². The molecule has 0 saturated carbocycles. The fraction of sp³-hybridized carbons (Fsp3) is 0. The number of phenolic OH excluding ortho intramolecular Hbond substituents is 1. The van der Waals surface area contributed by atoms with Crippen LogP contribution in [0.5, 0.6) is 5.75 Å². The van der Waals surface area contributed by atoms with E-state index in [-0.39, 0.29) is 5.75 Å². The summed E-state index contributed by atoms with van der Waals surface area (Å²) in [5.74, 6) is 0.268. The largest absolute Gasteiger partial charge is 0.508 e. The Kier molecular flexibility index (Phi) is 3.29. The maximum absolute atomic E-state index is 9.57. The van der Waals surface area contributed by atoms with E-state index in [9.17, 15) is 5.11 Å². The lowest BCUT2D eigenvalue weighted by Gasteiger charge is -1.96. The normalized spacial score (nSPS) is 12.0. The van der Waals surface area contributed by atoms with Gasteiger partial charge in [-0.25, -0.2) is 9.97 Å². The minimum Gasteiger partial charge on any atom is -0.508 e. The summed E-state index contributed by atoms with van der Waals surface area (Å²) in [6.07, 6.45) is 4.00. The van der Waals surface area contributed by atoms with Gasteiger partial charge in [-0.3, -0.25) is 0 Å². The number of thiazole rings is 2. The van der Waals surface area contributed by atoms with Crippen LogP contribution in [0.25, 0.3) is 43.4 Å². The summed E-state index contributed by atoms with van der Waals surface area (Å²) in [4.78, 5) is 9.36. The zero-order chi connectivity index (χ0) is 16.8. The number of benzene rings is 3. The Hall–Kier alpha value is -2.76. The molecular weight excluding hydrogens is 348 g/mol. The van der Waals surface area contributed by atoms with Crippen LogP contribution in [0.2, 0.25) is 0 Å². The Balaban J connectivity index is 1.56. The van der Waals surface area contributed by atoms with E-state index in [4.69, 9.17) is 4.98 Å². The predicted octanol–water partition coefficient (Wildman–Crippen LogP) is 5.94. The Labute approximate surface area is 151 Å². The van der Waals surface area contributed by atoms with Gasteiger partial charge < -0.3 is 5.11 Å². The molecule has 0 aliphatic heterocycles. The summed E-state index contributed by atoms with van der Waals surface area (Å²) in [6.45, 7) is 0. The maximum Gasteiger partial charge on any atom is 0.117 e. The molecule has 5 rings (SSSR count). The molecule has 2 heterocycles. The summed E-state index contributed by atoms with van der Waals surface area (Å²) in [5, 5.41) is 13.8. The third-order valence-electron chi connectivity index (χ3n) is 4.06. The second-order valence-corrected chi connectivity index (χ2v) is 7.85. The highest BCUT2D eigenvalue weighted by atomic mass is 32.1. The van der Waals surface area contributed by atoms with E-state index in [2.05, 4.69) is 29.2 Å². The molecule has 0 unspecified atom stereocenters. The summed E-state index contributed by atoms with van der Waals surface area (Å²) in [6, 6.07) is 17.8. The van der Waals surface area contributed by atoms with E-state index in [0.29, 0.717) is 0 Å². The molecule has 3 aromatic carbocycles. The molecule has 25 heavy (non-hydrogen) atoms. The molecule has 0 aliphatic carbocycles. The number of aromatic hydroxyl groups is 1. The van der Waals surface area contributed by atoms with Crippen LogP contribution >= 0.6 is 22.7 Å². The van der Waals surface area contributed by atoms with Gasteiger partial charge in [-0.1, -0.05) is 30.3 Å². The monoisotopic (exact) mass is 360 g/mol. The van der Waals surface area contributed by atoms with Crippen molar-refractivity contribution in [3.63, 3.8) is 0 Å². The van der Waals surface area contributed by atoms with E-state index >= 15 is 0 Å². The lowest BCUT2D eigenvalue weighted by atomic mass is 10.1. The van der Waals surface area contributed by atoms with E-state index in [1.807, 2.05) is 30.4 Å². The van der Waals surface area contributed by atoms with Crippen LogP contribution in [0.3, 0.4) is 0 Å². The highest BCUT2D eigenvalue weighted by Gasteiger charge is 2.06. The summed E-state index contributed by atoms with van der Waals surface area (Å²) in [5.41, 5.74) is 1.95. The molecule has 1 N–H and O–H groups in total. The third-order valence-corrected chi connectivity index (χ3v) is 6.03. The zero-order valence-electron chi connectivity index (χ0n) is 13.0. The number of rotatable bonds is 2. The number of nitrogens with zero attached hydrogens (tertiary/aromatic N) is 2. The van der Waals surface area contributed by atoms with Crippen molar-refractivity contribution >= 4 is 66.0 Å². The molecule has 0 bridgehead atoms. The average Bonchev–Trinajstić information content (AvgIpc) is 3.22. The first-order valence-electron chi connectivity index (χ1n) is 7.82. The van der Waals surface area contributed by atoms with E-state index in [1.54, 1.807) is 34.8 Å². The van der Waals surface area contributed by atoms with Crippen molar-refractivity contribution in [2.45, 2.75) is 0 Å². The number of hydrogen-bond donors (Lipinski definition) is 1. The van der Waals surface area contributed by atoms with Crippen LogP contribution in [-0.4, -0.2) is 15.1 Å². The van der Waals surface area contributed by atoms with Crippen molar-refractivity contribution in [1.82, 2.24) is 9.97 Å². The standard InChI is InChI=1S/C20H12N2OS2/c23-13-6-7-15-17(11-13)25-18(21-15)9-10-19-22-20-14-4-2-1-3-12(14)5-8-16(20)24-19/h1-11,23H. The first-order chi connectivity index (χ1) is 12.3. The second-order valence-electron chi connectivity index (χ2n) is 5.72. The Morgan fingerprint density at radius 1 is 0.800 bits per heavy atom. The molecule has 0 spiro atoms. The molecular formula is C20H12N2OS2. The van der Waals surface area contributed by atoms with Gasteiger partial charge in [-0.05, 0) is 41.8 Å². The third kappa shape index (κ3) is 2.58. The highest BCUT2D eigenvalue weighted by Crippen LogP contribution is 2.31. The van der Waals surface area contributed by atoms with Gasteiger partial charge in [0, 0.05) is 5.39 Å². The molecule has 5 heteroatoms. The fourth-order valence-corrected chi connectivity index (χ4v) is 4.68. The van der Waals surface area contributed by atoms with Gasteiger partial charge in [-0.2, -0.15) is 0 Å². The van der Waals surface area contributed by atoms with Crippen molar-refractivity contribution in [2.75, 3.05) is 0 Å². The number of hydrogen-bond acceptors (Lipinski definition) is 5. The van der Waals surface area contributed by atoms with Crippen LogP contribution < -0.4 is 0 Å².